The van der Waals surface area contributed by atoms with Crippen LogP contribution < -0.4 is 0 Å². The summed E-state index contributed by atoms with van der Waals surface area (Å²) in [5.74, 6) is -0.413. The normalized spacial score (nSPS) is 11.7. The second-order valence-corrected chi connectivity index (χ2v) is 5.87. The lowest BCUT2D eigenvalue weighted by molar-refractivity contribution is -0.141. The lowest BCUT2D eigenvalue weighted by Gasteiger charge is -2.06. The lowest BCUT2D eigenvalue weighted by atomic mass is 10.1. The number of pyridine rings is 1. The van der Waals surface area contributed by atoms with Crippen LogP contribution in [0.15, 0.2) is 42.6 Å². The van der Waals surface area contributed by atoms with Crippen LogP contribution in [0, 0.1) is 0 Å². The number of nitrogens with zero attached hydrogens (tertiary/aromatic N) is 1. The van der Waals surface area contributed by atoms with E-state index < -0.39 is 17.8 Å². The van der Waals surface area contributed by atoms with Crippen LogP contribution in [-0.4, -0.2) is 18.1 Å². The summed E-state index contributed by atoms with van der Waals surface area (Å²) in [6.45, 7) is 0. The van der Waals surface area contributed by atoms with Crippen LogP contribution in [0.4, 0.5) is 13.2 Å². The van der Waals surface area contributed by atoms with Gasteiger partial charge in [0.1, 0.15) is 10.6 Å². The number of halogens is 3. The van der Waals surface area contributed by atoms with E-state index in [0.717, 1.165) is 21.7 Å². The van der Waals surface area contributed by atoms with E-state index in [2.05, 4.69) is 9.72 Å². The quantitative estimate of drug-likeness (QED) is 0.632. The Bertz CT molecular complexity index is 869. The van der Waals surface area contributed by atoms with Crippen molar-refractivity contribution in [2.24, 2.45) is 0 Å². The maximum Gasteiger partial charge on any atom is 0.433 e. The summed E-state index contributed by atoms with van der Waals surface area (Å²) in [5, 5.41) is 0.874. The van der Waals surface area contributed by atoms with Gasteiger partial charge in [0.25, 0.3) is 0 Å². The molecule has 0 bridgehead atoms. The third kappa shape index (κ3) is 3.05. The first-order chi connectivity index (χ1) is 10.9. The highest BCUT2D eigenvalue weighted by atomic mass is 32.1. The minimum Gasteiger partial charge on any atom is -0.465 e. The molecule has 3 aromatic rings. The summed E-state index contributed by atoms with van der Waals surface area (Å²) < 4.78 is 43.1. The van der Waals surface area contributed by atoms with Crippen molar-refractivity contribution in [3.63, 3.8) is 0 Å². The van der Waals surface area contributed by atoms with Gasteiger partial charge in [-0.3, -0.25) is 4.98 Å². The number of ether oxygens (including phenoxy) is 1. The van der Waals surface area contributed by atoms with E-state index in [0.29, 0.717) is 10.4 Å². The number of rotatable bonds is 2. The van der Waals surface area contributed by atoms with E-state index >= 15 is 0 Å². The Morgan fingerprint density at radius 3 is 2.48 bits per heavy atom. The first-order valence-electron chi connectivity index (χ1n) is 6.54. The molecule has 7 heteroatoms. The number of esters is 1. The summed E-state index contributed by atoms with van der Waals surface area (Å²) >= 11 is 1.27. The largest absolute Gasteiger partial charge is 0.465 e. The van der Waals surface area contributed by atoms with Crippen molar-refractivity contribution >= 4 is 27.4 Å². The Hall–Kier alpha value is -2.41. The van der Waals surface area contributed by atoms with Crippen LogP contribution in [0.1, 0.15) is 15.4 Å². The Labute approximate surface area is 133 Å². The summed E-state index contributed by atoms with van der Waals surface area (Å²) in [4.78, 5) is 15.5. The highest BCUT2D eigenvalue weighted by Gasteiger charge is 2.32. The van der Waals surface area contributed by atoms with Gasteiger partial charge in [-0.2, -0.15) is 13.2 Å². The van der Waals surface area contributed by atoms with E-state index in [1.165, 1.54) is 30.7 Å². The molecule has 0 radical (unpaired) electrons. The summed E-state index contributed by atoms with van der Waals surface area (Å²) in [6.07, 6.45) is -3.26. The number of fused-ring (bicyclic) bond motifs is 1. The van der Waals surface area contributed by atoms with Crippen molar-refractivity contribution in [1.82, 2.24) is 4.98 Å². The number of methoxy groups -OCH3 is 1. The van der Waals surface area contributed by atoms with Gasteiger partial charge in [0.15, 0.2) is 0 Å². The van der Waals surface area contributed by atoms with Crippen LogP contribution >= 0.6 is 11.3 Å². The topological polar surface area (TPSA) is 39.2 Å². The van der Waals surface area contributed by atoms with Crippen molar-refractivity contribution in [3.8, 4) is 11.1 Å². The number of carbonyl (C=O) groups is 1. The third-order valence-electron chi connectivity index (χ3n) is 3.29. The molecule has 3 nitrogen and oxygen atoms in total. The number of thiophene rings is 1. The molecule has 2 heterocycles. The van der Waals surface area contributed by atoms with E-state index in [9.17, 15) is 18.0 Å². The molecule has 0 aliphatic rings. The smallest absolute Gasteiger partial charge is 0.433 e. The molecular weight excluding hydrogens is 327 g/mol. The van der Waals surface area contributed by atoms with Gasteiger partial charge < -0.3 is 4.74 Å². The third-order valence-corrected chi connectivity index (χ3v) is 4.37. The molecule has 3 rings (SSSR count). The van der Waals surface area contributed by atoms with Crippen LogP contribution in [0.2, 0.25) is 0 Å². The van der Waals surface area contributed by atoms with Crippen LogP contribution in [0.3, 0.4) is 0 Å². The Morgan fingerprint density at radius 2 is 1.87 bits per heavy atom. The van der Waals surface area contributed by atoms with E-state index in [4.69, 9.17) is 0 Å². The molecule has 23 heavy (non-hydrogen) atoms. The molecule has 0 spiro atoms. The average molecular weight is 337 g/mol. The van der Waals surface area contributed by atoms with Gasteiger partial charge in [-0.25, -0.2) is 4.79 Å². The molecule has 0 unspecified atom stereocenters. The standard InChI is InChI=1S/C16H10F3NO2S/c1-22-15(21)13-7-10-3-2-9(6-12(10)23-13)11-4-5-14(20-8-11)16(17,18)19/h2-8H,1H3. The number of carbonyl (C=O) groups excluding carboxylic acids is 1. The molecule has 0 aliphatic heterocycles. The molecule has 1 aromatic carbocycles. The van der Waals surface area contributed by atoms with Crippen molar-refractivity contribution in [1.29, 1.82) is 0 Å². The fraction of sp³-hybridized carbons (Fsp3) is 0.125. The molecule has 0 amide bonds. The average Bonchev–Trinajstić information content (AvgIpc) is 2.96. The Kier molecular flexibility index (Phi) is 3.81. The van der Waals surface area contributed by atoms with E-state index in [1.54, 1.807) is 12.1 Å². The number of hydrogen-bond acceptors (Lipinski definition) is 4. The van der Waals surface area contributed by atoms with Crippen molar-refractivity contribution in [2.45, 2.75) is 6.18 Å². The molecule has 2 aromatic heterocycles. The van der Waals surface area contributed by atoms with Gasteiger partial charge in [0, 0.05) is 16.5 Å². The fourth-order valence-corrected chi connectivity index (χ4v) is 3.16. The van der Waals surface area contributed by atoms with E-state index in [1.807, 2.05) is 12.1 Å². The Balaban J connectivity index is 1.98. The van der Waals surface area contributed by atoms with Gasteiger partial charge in [-0.05, 0) is 29.1 Å². The predicted octanol–water partition coefficient (Wildman–Crippen LogP) is 4.77. The molecule has 0 atom stereocenters. The highest BCUT2D eigenvalue weighted by molar-refractivity contribution is 7.20. The van der Waals surface area contributed by atoms with Crippen LogP contribution in [-0.2, 0) is 10.9 Å². The zero-order valence-corrected chi connectivity index (χ0v) is 12.7. The van der Waals surface area contributed by atoms with Crippen molar-refractivity contribution in [3.05, 3.63) is 53.2 Å². The summed E-state index contributed by atoms with van der Waals surface area (Å²) in [6, 6.07) is 9.46. The predicted molar refractivity (Wildman–Crippen MR) is 81.4 cm³/mol. The molecular formula is C16H10F3NO2S. The SMILES string of the molecule is COC(=O)c1cc2ccc(-c3ccc(C(F)(F)F)nc3)cc2s1. The molecule has 0 fully saturated rings. The van der Waals surface area contributed by atoms with Crippen LogP contribution in [0.5, 0.6) is 0 Å². The molecule has 118 valence electrons. The second kappa shape index (κ2) is 5.66. The maximum atomic E-state index is 12.5. The fourth-order valence-electron chi connectivity index (χ4n) is 2.14. The molecule has 0 aliphatic carbocycles. The first-order valence-corrected chi connectivity index (χ1v) is 7.35. The molecule has 0 saturated heterocycles. The molecule has 0 N–H and O–H groups in total. The number of hydrogen-bond donors (Lipinski definition) is 0. The minimum atomic E-state index is -4.45. The first kappa shape index (κ1) is 15.5. The lowest BCUT2D eigenvalue weighted by Crippen LogP contribution is -2.07. The van der Waals surface area contributed by atoms with E-state index in [-0.39, 0.29) is 0 Å². The van der Waals surface area contributed by atoms with Gasteiger partial charge in [-0.1, -0.05) is 18.2 Å². The summed E-state index contributed by atoms with van der Waals surface area (Å²) in [5.41, 5.74) is 0.385. The van der Waals surface area contributed by atoms with Gasteiger partial charge in [0.05, 0.1) is 7.11 Å². The maximum absolute atomic E-state index is 12.5. The van der Waals surface area contributed by atoms with Gasteiger partial charge >= 0.3 is 12.1 Å². The van der Waals surface area contributed by atoms with Gasteiger partial charge in [-0.15, -0.1) is 11.3 Å². The van der Waals surface area contributed by atoms with Gasteiger partial charge in [0.2, 0.25) is 0 Å². The van der Waals surface area contributed by atoms with Crippen LogP contribution in [0.25, 0.3) is 21.2 Å². The monoisotopic (exact) mass is 337 g/mol. The minimum absolute atomic E-state index is 0.413. The number of aromatic nitrogens is 1. The Morgan fingerprint density at radius 1 is 1.13 bits per heavy atom. The number of alkyl halides is 3. The summed E-state index contributed by atoms with van der Waals surface area (Å²) in [7, 11) is 1.31. The highest BCUT2D eigenvalue weighted by Crippen LogP contribution is 2.32. The second-order valence-electron chi connectivity index (χ2n) is 4.78. The zero-order chi connectivity index (χ0) is 16.6. The number of benzene rings is 1. The van der Waals surface area contributed by atoms with Crippen molar-refractivity contribution in [2.75, 3.05) is 7.11 Å². The molecule has 0 saturated carbocycles. The zero-order valence-electron chi connectivity index (χ0n) is 11.8. The van der Waals surface area contributed by atoms with Crippen molar-refractivity contribution < 1.29 is 22.7 Å².